The first-order valence-corrected chi connectivity index (χ1v) is 12.9. The van der Waals surface area contributed by atoms with Crippen molar-refractivity contribution in [1.82, 2.24) is 10.2 Å². The second-order valence-corrected chi connectivity index (χ2v) is 10.1. The molecule has 1 fully saturated rings. The molecule has 1 N–H and O–H groups in total. The molecule has 33 heavy (non-hydrogen) atoms. The minimum atomic E-state index is -0.586. The Morgan fingerprint density at radius 3 is 2.52 bits per heavy atom. The molecule has 0 bridgehead atoms. The van der Waals surface area contributed by atoms with Gasteiger partial charge in [-0.25, -0.2) is 0 Å². The minimum absolute atomic E-state index is 0.0436. The van der Waals surface area contributed by atoms with E-state index in [-0.39, 0.29) is 29.3 Å². The Kier molecular flexibility index (Phi) is 9.31. The predicted octanol–water partition coefficient (Wildman–Crippen LogP) is 5.07. The van der Waals surface area contributed by atoms with Crippen LogP contribution in [0.4, 0.5) is 5.69 Å². The van der Waals surface area contributed by atoms with E-state index in [0.717, 1.165) is 41.3 Å². The highest BCUT2D eigenvalue weighted by Gasteiger charge is 2.28. The van der Waals surface area contributed by atoms with E-state index in [1.54, 1.807) is 24.0 Å². The van der Waals surface area contributed by atoms with E-state index in [1.807, 2.05) is 24.3 Å². The molecule has 3 rings (SSSR count). The van der Waals surface area contributed by atoms with Crippen molar-refractivity contribution in [2.75, 3.05) is 5.75 Å². The standard InChI is InChI=1S/C24H28BrN3O4S/c1-17(24(30)26-21-7-2-3-8-21)27(14-19-5-4-6-20(25)13-19)23(29)16-33-15-18-9-11-22(12-10-18)28(31)32/h4-6,9-13,17,21H,2-3,7-8,14-16H2,1H3,(H,26,30)/t17-/m1/s1. The maximum Gasteiger partial charge on any atom is 0.269 e. The van der Waals surface area contributed by atoms with Gasteiger partial charge in [0.25, 0.3) is 5.69 Å². The van der Waals surface area contributed by atoms with Gasteiger partial charge in [-0.05, 0) is 43.0 Å². The number of amides is 2. The lowest BCUT2D eigenvalue weighted by molar-refractivity contribution is -0.384. The molecule has 1 aliphatic carbocycles. The van der Waals surface area contributed by atoms with Crippen molar-refractivity contribution in [2.24, 2.45) is 0 Å². The van der Waals surface area contributed by atoms with Crippen molar-refractivity contribution >= 4 is 45.2 Å². The van der Waals surface area contributed by atoms with Crippen LogP contribution in [0.1, 0.15) is 43.7 Å². The number of nitrogens with one attached hydrogen (secondary N) is 1. The van der Waals surface area contributed by atoms with Crippen LogP contribution in [0.15, 0.2) is 53.0 Å². The number of nitrogens with zero attached hydrogens (tertiary/aromatic N) is 2. The molecular formula is C24H28BrN3O4S. The zero-order valence-electron chi connectivity index (χ0n) is 18.5. The van der Waals surface area contributed by atoms with Gasteiger partial charge in [-0.2, -0.15) is 0 Å². The fourth-order valence-electron chi connectivity index (χ4n) is 3.86. The van der Waals surface area contributed by atoms with Gasteiger partial charge >= 0.3 is 0 Å². The summed E-state index contributed by atoms with van der Waals surface area (Å²) < 4.78 is 0.919. The van der Waals surface area contributed by atoms with E-state index < -0.39 is 11.0 Å². The fourth-order valence-corrected chi connectivity index (χ4v) is 5.18. The molecule has 176 valence electrons. The third kappa shape index (κ3) is 7.57. The summed E-state index contributed by atoms with van der Waals surface area (Å²) in [6, 6.07) is 13.7. The van der Waals surface area contributed by atoms with Gasteiger partial charge < -0.3 is 10.2 Å². The van der Waals surface area contributed by atoms with Crippen LogP contribution in [0, 0.1) is 10.1 Å². The topological polar surface area (TPSA) is 92.6 Å². The van der Waals surface area contributed by atoms with E-state index >= 15 is 0 Å². The number of non-ortho nitro benzene ring substituents is 1. The van der Waals surface area contributed by atoms with E-state index in [0.29, 0.717) is 12.3 Å². The molecular weight excluding hydrogens is 506 g/mol. The molecule has 9 heteroatoms. The number of carbonyl (C=O) groups excluding carboxylic acids is 2. The molecule has 7 nitrogen and oxygen atoms in total. The molecule has 2 aromatic rings. The zero-order chi connectivity index (χ0) is 23.8. The molecule has 0 radical (unpaired) electrons. The Morgan fingerprint density at radius 2 is 1.88 bits per heavy atom. The predicted molar refractivity (Wildman–Crippen MR) is 134 cm³/mol. The number of benzene rings is 2. The first-order chi connectivity index (χ1) is 15.8. The molecule has 2 amide bonds. The highest BCUT2D eigenvalue weighted by atomic mass is 79.9. The molecule has 1 aliphatic rings. The highest BCUT2D eigenvalue weighted by molar-refractivity contribution is 9.10. The van der Waals surface area contributed by atoms with Crippen LogP contribution >= 0.6 is 27.7 Å². The largest absolute Gasteiger partial charge is 0.352 e. The number of hydrogen-bond acceptors (Lipinski definition) is 5. The first-order valence-electron chi connectivity index (χ1n) is 11.0. The lowest BCUT2D eigenvalue weighted by atomic mass is 10.1. The lowest BCUT2D eigenvalue weighted by Gasteiger charge is -2.29. The van der Waals surface area contributed by atoms with Crippen LogP contribution in [0.5, 0.6) is 0 Å². The summed E-state index contributed by atoms with van der Waals surface area (Å²) in [6.45, 7) is 2.12. The van der Waals surface area contributed by atoms with Crippen LogP contribution in [-0.4, -0.2) is 39.5 Å². The van der Waals surface area contributed by atoms with Crippen molar-refractivity contribution in [3.05, 3.63) is 74.2 Å². The van der Waals surface area contributed by atoms with Crippen LogP contribution in [0.3, 0.4) is 0 Å². The second kappa shape index (κ2) is 12.2. The van der Waals surface area contributed by atoms with E-state index in [2.05, 4.69) is 21.2 Å². The van der Waals surface area contributed by atoms with Crippen LogP contribution in [0.2, 0.25) is 0 Å². The van der Waals surface area contributed by atoms with Crippen LogP contribution in [0.25, 0.3) is 0 Å². The van der Waals surface area contributed by atoms with Gasteiger partial charge in [-0.3, -0.25) is 19.7 Å². The summed E-state index contributed by atoms with van der Waals surface area (Å²) in [5.74, 6) is 0.532. The minimum Gasteiger partial charge on any atom is -0.352 e. The normalized spacial score (nSPS) is 14.6. The van der Waals surface area contributed by atoms with Gasteiger partial charge in [0.2, 0.25) is 11.8 Å². The van der Waals surface area contributed by atoms with Gasteiger partial charge in [0.1, 0.15) is 6.04 Å². The Bertz CT molecular complexity index is 980. The van der Waals surface area contributed by atoms with E-state index in [4.69, 9.17) is 0 Å². The summed E-state index contributed by atoms with van der Waals surface area (Å²) in [6.07, 6.45) is 4.23. The molecule has 1 saturated carbocycles. The number of hydrogen-bond donors (Lipinski definition) is 1. The van der Waals surface area contributed by atoms with Gasteiger partial charge in [-0.15, -0.1) is 11.8 Å². The summed E-state index contributed by atoms with van der Waals surface area (Å²) in [4.78, 5) is 38.1. The molecule has 1 atom stereocenters. The summed E-state index contributed by atoms with van der Waals surface area (Å²) >= 11 is 4.90. The Labute approximate surface area is 206 Å². The summed E-state index contributed by atoms with van der Waals surface area (Å²) in [7, 11) is 0. The number of halogens is 1. The first kappa shape index (κ1) is 25.2. The maximum absolute atomic E-state index is 13.2. The van der Waals surface area contributed by atoms with E-state index in [9.17, 15) is 19.7 Å². The molecule has 0 spiro atoms. The van der Waals surface area contributed by atoms with Gasteiger partial charge in [0, 0.05) is 34.9 Å². The average molecular weight is 534 g/mol. The monoisotopic (exact) mass is 533 g/mol. The average Bonchev–Trinajstić information content (AvgIpc) is 3.30. The lowest BCUT2D eigenvalue weighted by Crippen LogP contribution is -2.50. The molecule has 0 unspecified atom stereocenters. The molecule has 0 heterocycles. The number of nitro benzene ring substituents is 1. The molecule has 0 aromatic heterocycles. The van der Waals surface area contributed by atoms with Crippen molar-refractivity contribution in [2.45, 2.75) is 57.0 Å². The Balaban J connectivity index is 1.64. The van der Waals surface area contributed by atoms with Crippen LogP contribution in [-0.2, 0) is 21.9 Å². The Morgan fingerprint density at radius 1 is 1.18 bits per heavy atom. The molecule has 0 saturated heterocycles. The summed E-state index contributed by atoms with van der Waals surface area (Å²) in [5, 5.41) is 13.9. The number of rotatable bonds is 10. The quantitative estimate of drug-likeness (QED) is 0.340. The maximum atomic E-state index is 13.2. The number of thioether (sulfide) groups is 1. The van der Waals surface area contributed by atoms with Crippen molar-refractivity contribution < 1.29 is 14.5 Å². The second-order valence-electron chi connectivity index (χ2n) is 8.23. The number of nitro groups is 1. The third-order valence-electron chi connectivity index (χ3n) is 5.75. The smallest absolute Gasteiger partial charge is 0.269 e. The van der Waals surface area contributed by atoms with Crippen LogP contribution < -0.4 is 5.32 Å². The van der Waals surface area contributed by atoms with E-state index in [1.165, 1.54) is 23.9 Å². The fraction of sp³-hybridized carbons (Fsp3) is 0.417. The van der Waals surface area contributed by atoms with Crippen molar-refractivity contribution in [3.8, 4) is 0 Å². The summed E-state index contributed by atoms with van der Waals surface area (Å²) in [5.41, 5.74) is 1.89. The molecule has 0 aliphatic heterocycles. The SMILES string of the molecule is C[C@H](C(=O)NC1CCCC1)N(Cc1cccc(Br)c1)C(=O)CSCc1ccc([N+](=O)[O-])cc1. The molecule has 2 aromatic carbocycles. The Hall–Kier alpha value is -2.39. The highest BCUT2D eigenvalue weighted by Crippen LogP contribution is 2.21. The van der Waals surface area contributed by atoms with Gasteiger partial charge in [0.15, 0.2) is 0 Å². The van der Waals surface area contributed by atoms with Gasteiger partial charge in [0.05, 0.1) is 10.7 Å². The van der Waals surface area contributed by atoms with Crippen molar-refractivity contribution in [1.29, 1.82) is 0 Å². The number of carbonyl (C=O) groups is 2. The van der Waals surface area contributed by atoms with Gasteiger partial charge in [-0.1, -0.05) is 53.0 Å². The van der Waals surface area contributed by atoms with Crippen molar-refractivity contribution in [3.63, 3.8) is 0 Å². The zero-order valence-corrected chi connectivity index (χ0v) is 20.9. The third-order valence-corrected chi connectivity index (χ3v) is 7.23.